The van der Waals surface area contributed by atoms with Crippen LogP contribution >= 0.6 is 0 Å². The van der Waals surface area contributed by atoms with Crippen LogP contribution in [0.4, 0.5) is 0 Å². The predicted octanol–water partition coefficient (Wildman–Crippen LogP) is 2.73. The van der Waals surface area contributed by atoms with Crippen molar-refractivity contribution >= 4 is 0 Å². The number of hydrogen-bond acceptors (Lipinski definition) is 2. The highest BCUT2D eigenvalue weighted by molar-refractivity contribution is 5.32. The van der Waals surface area contributed by atoms with E-state index < -0.39 is 0 Å². The maximum absolute atomic E-state index is 8.73. The number of nitriles is 1. The van der Waals surface area contributed by atoms with Crippen molar-refractivity contribution in [1.82, 2.24) is 9.78 Å². The second-order valence-corrected chi connectivity index (χ2v) is 4.26. The first kappa shape index (κ1) is 11.4. The highest BCUT2D eigenvalue weighted by Crippen LogP contribution is 2.13. The zero-order chi connectivity index (χ0) is 12.4. The fourth-order valence-corrected chi connectivity index (χ4v) is 1.80. The van der Waals surface area contributed by atoms with Crippen molar-refractivity contribution in [3.63, 3.8) is 0 Å². The molecule has 0 spiro atoms. The van der Waals surface area contributed by atoms with Gasteiger partial charge in [-0.15, -0.1) is 0 Å². The van der Waals surface area contributed by atoms with Crippen molar-refractivity contribution in [2.45, 2.75) is 27.3 Å². The van der Waals surface area contributed by atoms with Gasteiger partial charge in [0.05, 0.1) is 23.9 Å². The van der Waals surface area contributed by atoms with Crippen LogP contribution in [0.2, 0.25) is 0 Å². The van der Waals surface area contributed by atoms with E-state index in [4.69, 9.17) is 5.26 Å². The molecule has 0 fully saturated rings. The lowest BCUT2D eigenvalue weighted by atomic mass is 10.1. The fourth-order valence-electron chi connectivity index (χ4n) is 1.80. The van der Waals surface area contributed by atoms with Crippen molar-refractivity contribution in [3.05, 3.63) is 52.3 Å². The molecule has 0 aliphatic heterocycles. The summed E-state index contributed by atoms with van der Waals surface area (Å²) in [5, 5.41) is 13.2. The van der Waals surface area contributed by atoms with Crippen LogP contribution in [0.5, 0.6) is 0 Å². The Bertz CT molecular complexity index is 571. The van der Waals surface area contributed by atoms with E-state index in [0.717, 1.165) is 17.8 Å². The molecule has 0 saturated carbocycles. The van der Waals surface area contributed by atoms with Gasteiger partial charge in [0.1, 0.15) is 0 Å². The number of aromatic nitrogens is 2. The minimum atomic E-state index is 0.693. The molecular formula is C14H15N3. The van der Waals surface area contributed by atoms with E-state index in [1.165, 1.54) is 11.3 Å². The summed E-state index contributed by atoms with van der Waals surface area (Å²) in [4.78, 5) is 0. The molecule has 0 atom stereocenters. The lowest BCUT2D eigenvalue weighted by Gasteiger charge is -2.04. The summed E-state index contributed by atoms with van der Waals surface area (Å²) >= 11 is 0. The average Bonchev–Trinajstić information content (AvgIpc) is 2.58. The quantitative estimate of drug-likeness (QED) is 0.788. The summed E-state index contributed by atoms with van der Waals surface area (Å²) in [5.74, 6) is 0. The van der Waals surface area contributed by atoms with Gasteiger partial charge in [-0.3, -0.25) is 4.68 Å². The maximum atomic E-state index is 8.73. The molecule has 0 amide bonds. The summed E-state index contributed by atoms with van der Waals surface area (Å²) in [6.07, 6.45) is 0. The highest BCUT2D eigenvalue weighted by atomic mass is 15.3. The average molecular weight is 225 g/mol. The smallest absolute Gasteiger partial charge is 0.0991 e. The maximum Gasteiger partial charge on any atom is 0.0991 e. The number of aryl methyl sites for hydroxylation is 1. The van der Waals surface area contributed by atoms with Crippen molar-refractivity contribution < 1.29 is 0 Å². The van der Waals surface area contributed by atoms with Crippen molar-refractivity contribution in [2.75, 3.05) is 0 Å². The monoisotopic (exact) mass is 225 g/mol. The summed E-state index contributed by atoms with van der Waals surface area (Å²) in [6, 6.07) is 9.76. The zero-order valence-corrected chi connectivity index (χ0v) is 10.4. The summed E-state index contributed by atoms with van der Waals surface area (Å²) in [6.45, 7) is 6.95. The molecule has 3 nitrogen and oxygen atoms in total. The fraction of sp³-hybridized carbons (Fsp3) is 0.286. The van der Waals surface area contributed by atoms with E-state index in [-0.39, 0.29) is 0 Å². The molecule has 0 N–H and O–H groups in total. The lowest BCUT2D eigenvalue weighted by molar-refractivity contribution is 0.658. The Hall–Kier alpha value is -2.08. The highest BCUT2D eigenvalue weighted by Gasteiger charge is 2.07. The second kappa shape index (κ2) is 4.42. The van der Waals surface area contributed by atoms with Gasteiger partial charge in [0.2, 0.25) is 0 Å². The minimum Gasteiger partial charge on any atom is -0.265 e. The van der Waals surface area contributed by atoms with E-state index in [1.807, 2.05) is 35.9 Å². The largest absolute Gasteiger partial charge is 0.265 e. The molecule has 1 heterocycles. The van der Waals surface area contributed by atoms with Gasteiger partial charge in [0.15, 0.2) is 0 Å². The number of hydrogen-bond donors (Lipinski definition) is 0. The summed E-state index contributed by atoms with van der Waals surface area (Å²) in [7, 11) is 0. The van der Waals surface area contributed by atoms with Crippen LogP contribution in [0.3, 0.4) is 0 Å². The van der Waals surface area contributed by atoms with E-state index in [2.05, 4.69) is 25.0 Å². The molecule has 0 saturated heterocycles. The van der Waals surface area contributed by atoms with Gasteiger partial charge in [0, 0.05) is 5.69 Å². The Morgan fingerprint density at radius 3 is 2.29 bits per heavy atom. The molecule has 17 heavy (non-hydrogen) atoms. The van der Waals surface area contributed by atoms with Gasteiger partial charge in [-0.1, -0.05) is 12.1 Å². The molecule has 2 rings (SSSR count). The van der Waals surface area contributed by atoms with Gasteiger partial charge >= 0.3 is 0 Å². The van der Waals surface area contributed by atoms with Crippen LogP contribution in [0, 0.1) is 32.1 Å². The normalized spacial score (nSPS) is 10.2. The Balaban J connectivity index is 2.26. The third-order valence-corrected chi connectivity index (χ3v) is 3.16. The Kier molecular flexibility index (Phi) is 2.97. The van der Waals surface area contributed by atoms with Gasteiger partial charge in [-0.25, -0.2) is 0 Å². The third kappa shape index (κ3) is 2.21. The van der Waals surface area contributed by atoms with E-state index in [0.29, 0.717) is 5.56 Å². The van der Waals surface area contributed by atoms with Crippen molar-refractivity contribution in [1.29, 1.82) is 5.26 Å². The molecule has 1 aromatic carbocycles. The molecule has 0 unspecified atom stereocenters. The summed E-state index contributed by atoms with van der Waals surface area (Å²) < 4.78 is 2.01. The van der Waals surface area contributed by atoms with E-state index >= 15 is 0 Å². The van der Waals surface area contributed by atoms with Crippen LogP contribution in [-0.2, 0) is 6.54 Å². The van der Waals surface area contributed by atoms with E-state index in [1.54, 1.807) is 0 Å². The van der Waals surface area contributed by atoms with Gasteiger partial charge in [-0.2, -0.15) is 10.4 Å². The first-order valence-electron chi connectivity index (χ1n) is 5.61. The molecule has 86 valence electrons. The number of benzene rings is 1. The minimum absolute atomic E-state index is 0.693. The Morgan fingerprint density at radius 1 is 1.18 bits per heavy atom. The van der Waals surface area contributed by atoms with Crippen LogP contribution < -0.4 is 0 Å². The van der Waals surface area contributed by atoms with Gasteiger partial charge in [0.25, 0.3) is 0 Å². The molecule has 0 radical (unpaired) electrons. The van der Waals surface area contributed by atoms with Gasteiger partial charge in [-0.05, 0) is 44.0 Å². The molecule has 3 heteroatoms. The van der Waals surface area contributed by atoms with Crippen molar-refractivity contribution in [2.24, 2.45) is 0 Å². The van der Waals surface area contributed by atoms with E-state index in [9.17, 15) is 0 Å². The predicted molar refractivity (Wildman–Crippen MR) is 66.7 cm³/mol. The standard InChI is InChI=1S/C14H15N3/c1-10-11(2)16-17(12(10)3)9-14-6-4-13(8-15)5-7-14/h4-7H,9H2,1-3H3. The third-order valence-electron chi connectivity index (χ3n) is 3.16. The number of nitrogens with zero attached hydrogens (tertiary/aromatic N) is 3. The number of rotatable bonds is 2. The van der Waals surface area contributed by atoms with Crippen LogP contribution in [0.1, 0.15) is 28.1 Å². The molecule has 0 aliphatic carbocycles. The zero-order valence-electron chi connectivity index (χ0n) is 10.4. The second-order valence-electron chi connectivity index (χ2n) is 4.26. The first-order valence-corrected chi connectivity index (χ1v) is 5.61. The molecule has 0 aliphatic rings. The van der Waals surface area contributed by atoms with Gasteiger partial charge < -0.3 is 0 Å². The molecular weight excluding hydrogens is 210 g/mol. The molecule has 2 aromatic rings. The molecule has 0 bridgehead atoms. The first-order chi connectivity index (χ1) is 8.11. The Morgan fingerprint density at radius 2 is 1.82 bits per heavy atom. The SMILES string of the molecule is Cc1nn(Cc2ccc(C#N)cc2)c(C)c1C. The van der Waals surface area contributed by atoms with Crippen LogP contribution in [0.15, 0.2) is 24.3 Å². The van der Waals surface area contributed by atoms with Crippen LogP contribution in [0.25, 0.3) is 0 Å². The Labute approximate surface area is 101 Å². The van der Waals surface area contributed by atoms with Crippen LogP contribution in [-0.4, -0.2) is 9.78 Å². The topological polar surface area (TPSA) is 41.6 Å². The molecule has 1 aromatic heterocycles. The van der Waals surface area contributed by atoms with Crippen molar-refractivity contribution in [3.8, 4) is 6.07 Å². The lowest BCUT2D eigenvalue weighted by Crippen LogP contribution is -2.04. The summed E-state index contributed by atoms with van der Waals surface area (Å²) in [5.41, 5.74) is 5.38.